The third-order valence-electron chi connectivity index (χ3n) is 2.31. The quantitative estimate of drug-likeness (QED) is 0.646. The Morgan fingerprint density at radius 1 is 1.33 bits per heavy atom. The number of pyridine rings is 1. The minimum Gasteiger partial charge on any atom is -0.456 e. The van der Waals surface area contributed by atoms with Crippen LogP contribution in [0.3, 0.4) is 0 Å². The maximum atomic E-state index is 10.9. The number of benzene rings is 1. The molecule has 0 aliphatic heterocycles. The summed E-state index contributed by atoms with van der Waals surface area (Å²) in [5, 5.41) is 0. The lowest BCUT2D eigenvalue weighted by molar-refractivity contribution is 0.475. The van der Waals surface area contributed by atoms with E-state index in [0.717, 1.165) is 11.3 Å². The first-order chi connectivity index (χ1) is 8.69. The van der Waals surface area contributed by atoms with Crippen molar-refractivity contribution in [2.75, 3.05) is 0 Å². The van der Waals surface area contributed by atoms with Crippen molar-refractivity contribution in [3.8, 4) is 11.5 Å². The normalized spacial score (nSPS) is 10.1. The summed E-state index contributed by atoms with van der Waals surface area (Å²) in [6, 6.07) is 9.26. The molecule has 1 N–H and O–H groups in total. The molecule has 0 aliphatic rings. The third kappa shape index (κ3) is 3.79. The summed E-state index contributed by atoms with van der Waals surface area (Å²) in [6.45, 7) is 2.02. The zero-order valence-electron chi connectivity index (χ0n) is 9.64. The van der Waals surface area contributed by atoms with Crippen LogP contribution in [0.15, 0.2) is 46.2 Å². The monoisotopic (exact) mass is 386 g/mol. The van der Waals surface area contributed by atoms with Gasteiger partial charge in [-0.2, -0.15) is 0 Å². The first-order valence-electron chi connectivity index (χ1n) is 5.25. The van der Waals surface area contributed by atoms with Crippen LogP contribution in [0.2, 0.25) is 0 Å². The number of halogens is 1. The summed E-state index contributed by atoms with van der Waals surface area (Å²) in [5.74, 6) is 1.45. The van der Waals surface area contributed by atoms with Gasteiger partial charge in [0.05, 0.1) is 0 Å². The highest BCUT2D eigenvalue weighted by atomic mass is 127. The van der Waals surface area contributed by atoms with Gasteiger partial charge < -0.3 is 9.72 Å². The van der Waals surface area contributed by atoms with E-state index in [1.54, 1.807) is 12.3 Å². The fraction of sp³-hybridized carbons (Fsp3) is 0.0833. The molecule has 2 rings (SSSR count). The van der Waals surface area contributed by atoms with Crippen LogP contribution in [0.4, 0.5) is 0 Å². The van der Waals surface area contributed by atoms with Gasteiger partial charge in [0.1, 0.15) is 11.5 Å². The highest BCUT2D eigenvalue weighted by Gasteiger charge is 2.03. The van der Waals surface area contributed by atoms with Crippen LogP contribution in [-0.4, -0.2) is 15.8 Å². The zero-order valence-corrected chi connectivity index (χ0v) is 13.8. The molecule has 1 heterocycles. The van der Waals surface area contributed by atoms with E-state index in [1.165, 1.54) is 11.0 Å². The second-order valence-corrected chi connectivity index (χ2v) is 10.3. The molecule has 0 spiro atoms. The van der Waals surface area contributed by atoms with Gasteiger partial charge in [-0.25, -0.2) is 30.4 Å². The van der Waals surface area contributed by atoms with E-state index in [-0.39, 0.29) is 5.56 Å². The Morgan fingerprint density at radius 3 is 2.78 bits per heavy atom. The van der Waals surface area contributed by atoms with E-state index in [4.69, 9.17) is 4.74 Å². The van der Waals surface area contributed by atoms with E-state index < -0.39 is 0 Å². The highest BCUT2D eigenvalue weighted by Crippen LogP contribution is 2.28. The number of rotatable bonds is 4. The topological polar surface area (TPSA) is 42.1 Å². The standard InChI is InChI=1S/C12H11NO2S.Al.HI/c1-8-6-10(16)3-4-11(8)15-9-2-5-12(14)13-7-9;;/h2-7,16H,1H3,(H,13,14);;1H/q;+2;/p-2. The molecule has 18 heavy (non-hydrogen) atoms. The van der Waals surface area contributed by atoms with Crippen LogP contribution in [-0.2, 0) is 0 Å². The zero-order chi connectivity index (χ0) is 13.0. The van der Waals surface area contributed by atoms with Gasteiger partial charge in [-0.3, -0.25) is 4.79 Å². The lowest BCUT2D eigenvalue weighted by Crippen LogP contribution is -2.01. The summed E-state index contributed by atoms with van der Waals surface area (Å²) < 4.78 is 5.72. The molecule has 0 saturated heterocycles. The first-order valence-corrected chi connectivity index (χ1v) is 11.7. The molecular formula is C12H10AlINO2S. The maximum Gasteiger partial charge on any atom is 0.409 e. The minimum absolute atomic E-state index is 0.129. The average molecular weight is 386 g/mol. The van der Waals surface area contributed by atoms with Gasteiger partial charge in [-0.1, -0.05) is 0 Å². The fourth-order valence-corrected chi connectivity index (χ4v) is 5.33. The highest BCUT2D eigenvalue weighted by molar-refractivity contribution is 14.1. The van der Waals surface area contributed by atoms with Crippen molar-refractivity contribution in [3.63, 3.8) is 0 Å². The molecular weight excluding hydrogens is 376 g/mol. The van der Waals surface area contributed by atoms with Crippen LogP contribution in [0.25, 0.3) is 0 Å². The van der Waals surface area contributed by atoms with E-state index in [0.29, 0.717) is 16.6 Å². The van der Waals surface area contributed by atoms with Crippen molar-refractivity contribution in [1.29, 1.82) is 0 Å². The van der Waals surface area contributed by atoms with Crippen LogP contribution in [0.1, 0.15) is 5.56 Å². The summed E-state index contributed by atoms with van der Waals surface area (Å²) >= 11 is 2.41. The number of hydrogen-bond acceptors (Lipinski definition) is 3. The molecule has 6 heteroatoms. The lowest BCUT2D eigenvalue weighted by Gasteiger charge is -2.09. The summed E-state index contributed by atoms with van der Waals surface area (Å²) in [5.41, 5.74) is 0.964. The van der Waals surface area contributed by atoms with Gasteiger partial charge >= 0.3 is 10.8 Å². The maximum absolute atomic E-state index is 10.9. The number of H-pyrrole nitrogens is 1. The molecule has 3 nitrogen and oxygen atoms in total. The number of aryl methyl sites for hydroxylation is 1. The predicted molar refractivity (Wildman–Crippen MR) is 83.9 cm³/mol. The van der Waals surface area contributed by atoms with Crippen molar-refractivity contribution in [3.05, 3.63) is 52.4 Å². The van der Waals surface area contributed by atoms with Gasteiger partial charge in [-0.05, 0) is 41.6 Å². The van der Waals surface area contributed by atoms with E-state index in [1.807, 2.05) is 23.1 Å². The SMILES string of the molecule is Cc1cc([S][Al][I])ccc1Oc1ccc(=O)[nH]c1. The molecule has 0 fully saturated rings. The lowest BCUT2D eigenvalue weighted by atomic mass is 10.2. The number of aromatic nitrogens is 1. The third-order valence-corrected chi connectivity index (χ3v) is 6.30. The van der Waals surface area contributed by atoms with Gasteiger partial charge in [0.15, 0.2) is 0 Å². The number of aromatic amines is 1. The Morgan fingerprint density at radius 2 is 2.17 bits per heavy atom. The Balaban J connectivity index is 2.19. The molecule has 0 bridgehead atoms. The first kappa shape index (κ1) is 14.0. The molecule has 0 amide bonds. The van der Waals surface area contributed by atoms with Crippen LogP contribution < -0.4 is 10.3 Å². The molecule has 0 saturated carbocycles. The van der Waals surface area contributed by atoms with Gasteiger partial charge in [-0.15, -0.1) is 0 Å². The summed E-state index contributed by atoms with van der Waals surface area (Å²) in [6.07, 6.45) is 1.57. The van der Waals surface area contributed by atoms with Gasteiger partial charge in [0.2, 0.25) is 5.56 Å². The molecule has 0 unspecified atom stereocenters. The van der Waals surface area contributed by atoms with Crippen LogP contribution in [0.5, 0.6) is 11.5 Å². The van der Waals surface area contributed by atoms with Crippen molar-refractivity contribution in [2.24, 2.45) is 0 Å². The van der Waals surface area contributed by atoms with Crippen molar-refractivity contribution < 1.29 is 4.74 Å². The van der Waals surface area contributed by atoms with E-state index >= 15 is 0 Å². The van der Waals surface area contributed by atoms with E-state index in [2.05, 4.69) is 37.4 Å². The second kappa shape index (κ2) is 6.66. The van der Waals surface area contributed by atoms with Crippen molar-refractivity contribution in [1.82, 2.24) is 4.98 Å². The van der Waals surface area contributed by atoms with Crippen LogP contribution in [0, 0.1) is 6.92 Å². The predicted octanol–water partition coefficient (Wildman–Crippen LogP) is 3.54. The van der Waals surface area contributed by atoms with E-state index in [9.17, 15) is 4.79 Å². The fourth-order valence-electron chi connectivity index (χ4n) is 1.45. The largest absolute Gasteiger partial charge is 0.456 e. The molecule has 1 aromatic carbocycles. The second-order valence-electron chi connectivity index (χ2n) is 3.62. The molecule has 2 aromatic rings. The molecule has 1 radical (unpaired) electrons. The molecule has 91 valence electrons. The summed E-state index contributed by atoms with van der Waals surface area (Å²) in [4.78, 5) is 14.8. The average Bonchev–Trinajstić information content (AvgIpc) is 2.36. The number of hydrogen-bond donors (Lipinski definition) is 1. The smallest absolute Gasteiger partial charge is 0.409 e. The van der Waals surface area contributed by atoms with Gasteiger partial charge in [0.25, 0.3) is 0 Å². The Hall–Kier alpha value is -0.418. The molecule has 0 aliphatic carbocycles. The minimum atomic E-state index is -0.129. The Labute approximate surface area is 126 Å². The van der Waals surface area contributed by atoms with Crippen molar-refractivity contribution in [2.45, 2.75) is 11.8 Å². The molecule has 0 atom stereocenters. The number of ether oxygens (including phenoxy) is 1. The Kier molecular flexibility index (Phi) is 5.18. The molecule has 1 aromatic heterocycles. The number of nitrogens with one attached hydrogen (secondary N) is 1. The van der Waals surface area contributed by atoms with Crippen molar-refractivity contribution >= 4 is 41.2 Å². The Bertz CT molecular complexity index is 582. The summed E-state index contributed by atoms with van der Waals surface area (Å²) in [7, 11) is 2.24. The van der Waals surface area contributed by atoms with Crippen LogP contribution >= 0.6 is 30.4 Å². The van der Waals surface area contributed by atoms with Gasteiger partial charge in [0, 0.05) is 12.3 Å².